The second kappa shape index (κ2) is 6.13. The predicted molar refractivity (Wildman–Crippen MR) is 71.7 cm³/mol. The van der Waals surface area contributed by atoms with Gasteiger partial charge in [0.2, 0.25) is 0 Å². The Hall–Kier alpha value is -2.19. The number of aromatic nitrogens is 2. The molecule has 0 aliphatic carbocycles. The summed E-state index contributed by atoms with van der Waals surface area (Å²) in [6, 6.07) is 5.58. The Balaban J connectivity index is 2.21. The van der Waals surface area contributed by atoms with E-state index in [0.717, 1.165) is 16.8 Å². The van der Waals surface area contributed by atoms with Crippen LogP contribution in [0.1, 0.15) is 23.9 Å². The molecule has 0 saturated carbocycles. The summed E-state index contributed by atoms with van der Waals surface area (Å²) in [5, 5.41) is 6.24. The molecule has 1 heterocycles. The highest BCUT2D eigenvalue weighted by atomic mass is 19.4. The summed E-state index contributed by atoms with van der Waals surface area (Å²) in [5.41, 5.74) is -2.01. The summed E-state index contributed by atoms with van der Waals surface area (Å²) in [7, 11) is 0. The van der Waals surface area contributed by atoms with Gasteiger partial charge in [-0.3, -0.25) is 4.68 Å². The first-order valence-corrected chi connectivity index (χ1v) is 6.67. The van der Waals surface area contributed by atoms with Gasteiger partial charge in [0.15, 0.2) is 0 Å². The van der Waals surface area contributed by atoms with E-state index in [4.69, 9.17) is 0 Å². The molecule has 2 aromatic rings. The maximum atomic E-state index is 12.8. The van der Waals surface area contributed by atoms with Gasteiger partial charge in [-0.2, -0.15) is 31.4 Å². The zero-order chi connectivity index (χ0) is 17.3. The van der Waals surface area contributed by atoms with Crippen molar-refractivity contribution in [2.45, 2.75) is 32.4 Å². The smallest absolute Gasteiger partial charge is 0.379 e. The van der Waals surface area contributed by atoms with Gasteiger partial charge in [0, 0.05) is 12.2 Å². The Morgan fingerprint density at radius 1 is 1.04 bits per heavy atom. The molecule has 0 fully saturated rings. The normalized spacial score (nSPS) is 12.5. The van der Waals surface area contributed by atoms with Crippen molar-refractivity contribution in [2.75, 3.05) is 5.32 Å². The van der Waals surface area contributed by atoms with Crippen LogP contribution in [0.3, 0.4) is 0 Å². The third kappa shape index (κ3) is 3.96. The molecule has 0 aliphatic heterocycles. The average molecular weight is 337 g/mol. The summed E-state index contributed by atoms with van der Waals surface area (Å²) >= 11 is 0. The Labute approximate surface area is 127 Å². The van der Waals surface area contributed by atoms with Crippen molar-refractivity contribution < 1.29 is 26.3 Å². The standard InChI is InChI=1S/C14H13F6N3/c1-2-23-12(14(18,19)20)7-9(22-23)8-21-11-6-4-3-5-10(11)13(15,16)17/h3-7,21H,2,8H2,1H3. The van der Waals surface area contributed by atoms with Crippen molar-refractivity contribution in [1.29, 1.82) is 0 Å². The van der Waals surface area contributed by atoms with E-state index < -0.39 is 23.6 Å². The van der Waals surface area contributed by atoms with Gasteiger partial charge in [-0.15, -0.1) is 0 Å². The van der Waals surface area contributed by atoms with Crippen molar-refractivity contribution in [1.82, 2.24) is 9.78 Å². The van der Waals surface area contributed by atoms with Crippen LogP contribution in [0.2, 0.25) is 0 Å². The van der Waals surface area contributed by atoms with Crippen LogP contribution in [0.5, 0.6) is 0 Å². The molecule has 126 valence electrons. The molecule has 0 aliphatic rings. The number of halogens is 6. The van der Waals surface area contributed by atoms with Gasteiger partial charge in [-0.1, -0.05) is 12.1 Å². The van der Waals surface area contributed by atoms with Gasteiger partial charge in [-0.05, 0) is 25.1 Å². The topological polar surface area (TPSA) is 29.9 Å². The number of hydrogen-bond donors (Lipinski definition) is 1. The Morgan fingerprint density at radius 3 is 2.22 bits per heavy atom. The van der Waals surface area contributed by atoms with Gasteiger partial charge < -0.3 is 5.32 Å². The maximum Gasteiger partial charge on any atom is 0.433 e. The second-order valence-corrected chi connectivity index (χ2v) is 4.73. The zero-order valence-corrected chi connectivity index (χ0v) is 12.0. The number of rotatable bonds is 4. The van der Waals surface area contributed by atoms with E-state index in [-0.39, 0.29) is 24.5 Å². The highest BCUT2D eigenvalue weighted by Crippen LogP contribution is 2.35. The Morgan fingerprint density at radius 2 is 1.70 bits per heavy atom. The van der Waals surface area contributed by atoms with Crippen molar-refractivity contribution in [3.05, 3.63) is 47.3 Å². The number of para-hydroxylation sites is 1. The van der Waals surface area contributed by atoms with Gasteiger partial charge in [-0.25, -0.2) is 0 Å². The summed E-state index contributed by atoms with van der Waals surface area (Å²) < 4.78 is 77.7. The summed E-state index contributed by atoms with van der Waals surface area (Å²) in [6.45, 7) is 1.26. The van der Waals surface area contributed by atoms with Crippen molar-refractivity contribution in [2.24, 2.45) is 0 Å². The molecule has 9 heteroatoms. The Kier molecular flexibility index (Phi) is 4.58. The van der Waals surface area contributed by atoms with Crippen molar-refractivity contribution in [3.63, 3.8) is 0 Å². The first-order valence-electron chi connectivity index (χ1n) is 6.67. The molecule has 2 rings (SSSR count). The highest BCUT2D eigenvalue weighted by Gasteiger charge is 2.36. The molecule has 0 bridgehead atoms. The monoisotopic (exact) mass is 337 g/mol. The van der Waals surface area contributed by atoms with Crippen LogP contribution < -0.4 is 5.32 Å². The van der Waals surface area contributed by atoms with E-state index in [2.05, 4.69) is 10.4 Å². The van der Waals surface area contributed by atoms with E-state index >= 15 is 0 Å². The fraction of sp³-hybridized carbons (Fsp3) is 0.357. The van der Waals surface area contributed by atoms with E-state index in [1.807, 2.05) is 0 Å². The zero-order valence-electron chi connectivity index (χ0n) is 12.0. The first-order chi connectivity index (χ1) is 10.6. The number of hydrogen-bond acceptors (Lipinski definition) is 2. The lowest BCUT2D eigenvalue weighted by Crippen LogP contribution is -2.13. The van der Waals surface area contributed by atoms with Gasteiger partial charge in [0.1, 0.15) is 5.69 Å². The van der Waals surface area contributed by atoms with Crippen LogP contribution in [-0.4, -0.2) is 9.78 Å². The minimum Gasteiger partial charge on any atom is -0.379 e. The fourth-order valence-corrected chi connectivity index (χ4v) is 2.10. The molecule has 0 saturated heterocycles. The van der Waals surface area contributed by atoms with Gasteiger partial charge in [0.05, 0.1) is 17.8 Å². The lowest BCUT2D eigenvalue weighted by atomic mass is 10.1. The molecule has 1 N–H and O–H groups in total. The highest BCUT2D eigenvalue weighted by molar-refractivity contribution is 5.52. The fourth-order valence-electron chi connectivity index (χ4n) is 2.10. The SMILES string of the molecule is CCn1nc(CNc2ccccc2C(F)(F)F)cc1C(F)(F)F. The minimum atomic E-state index is -4.56. The maximum absolute atomic E-state index is 12.8. The average Bonchev–Trinajstić information content (AvgIpc) is 2.88. The molecule has 0 atom stereocenters. The third-order valence-electron chi connectivity index (χ3n) is 3.11. The Bertz CT molecular complexity index is 672. The molecule has 1 aromatic heterocycles. The first kappa shape index (κ1) is 17.2. The van der Waals surface area contributed by atoms with E-state index in [0.29, 0.717) is 0 Å². The molecule has 3 nitrogen and oxygen atoms in total. The second-order valence-electron chi connectivity index (χ2n) is 4.73. The molecule has 0 spiro atoms. The summed E-state index contributed by atoms with van der Waals surface area (Å²) in [6.07, 6.45) is -9.12. The number of nitrogens with one attached hydrogen (secondary N) is 1. The summed E-state index contributed by atoms with van der Waals surface area (Å²) in [5.74, 6) is 0. The quantitative estimate of drug-likeness (QED) is 0.830. The molecular weight excluding hydrogens is 324 g/mol. The number of nitrogens with zero attached hydrogens (tertiary/aromatic N) is 2. The van der Waals surface area contributed by atoms with Gasteiger partial charge >= 0.3 is 12.4 Å². The molecule has 0 radical (unpaired) electrons. The van der Waals surface area contributed by atoms with Crippen molar-refractivity contribution in [3.8, 4) is 0 Å². The van der Waals surface area contributed by atoms with E-state index in [1.54, 1.807) is 0 Å². The number of aryl methyl sites for hydroxylation is 1. The van der Waals surface area contributed by atoms with E-state index in [9.17, 15) is 26.3 Å². The molecular formula is C14H13F6N3. The lowest BCUT2D eigenvalue weighted by Gasteiger charge is -2.13. The van der Waals surface area contributed by atoms with Crippen LogP contribution in [-0.2, 0) is 25.4 Å². The van der Waals surface area contributed by atoms with E-state index in [1.165, 1.54) is 25.1 Å². The van der Waals surface area contributed by atoms with Crippen LogP contribution in [0.15, 0.2) is 30.3 Å². The predicted octanol–water partition coefficient (Wildman–Crippen LogP) is 4.55. The largest absolute Gasteiger partial charge is 0.433 e. The number of benzene rings is 1. The van der Waals surface area contributed by atoms with Crippen molar-refractivity contribution >= 4 is 5.69 Å². The minimum absolute atomic E-state index is 0.00792. The van der Waals surface area contributed by atoms with Gasteiger partial charge in [0.25, 0.3) is 0 Å². The third-order valence-corrected chi connectivity index (χ3v) is 3.11. The molecule has 0 amide bonds. The molecule has 1 aromatic carbocycles. The number of alkyl halides is 6. The molecule has 23 heavy (non-hydrogen) atoms. The lowest BCUT2D eigenvalue weighted by molar-refractivity contribution is -0.144. The summed E-state index contributed by atoms with van der Waals surface area (Å²) in [4.78, 5) is 0. The van der Waals surface area contributed by atoms with Crippen LogP contribution in [0.4, 0.5) is 32.0 Å². The van der Waals surface area contributed by atoms with Crippen LogP contribution in [0, 0.1) is 0 Å². The van der Waals surface area contributed by atoms with Crippen LogP contribution in [0.25, 0.3) is 0 Å². The van der Waals surface area contributed by atoms with Crippen LogP contribution >= 0.6 is 0 Å². The number of anilines is 1. The molecule has 0 unspecified atom stereocenters.